The van der Waals surface area contributed by atoms with E-state index in [-0.39, 0.29) is 30.6 Å². The Hall–Kier alpha value is -5.13. The third-order valence-electron chi connectivity index (χ3n) is 8.05. The van der Waals surface area contributed by atoms with Crippen molar-refractivity contribution >= 4 is 23.7 Å². The minimum Gasteiger partial charge on any atom is -0.426 e. The van der Waals surface area contributed by atoms with E-state index in [0.717, 1.165) is 35.1 Å². The van der Waals surface area contributed by atoms with Gasteiger partial charge in [-0.3, -0.25) is 0 Å². The van der Waals surface area contributed by atoms with Gasteiger partial charge in [-0.1, -0.05) is 73.5 Å². The quantitative estimate of drug-likeness (QED) is 0.0901. The van der Waals surface area contributed by atoms with Crippen LogP contribution in [0.25, 0.3) is 22.5 Å². The molecule has 258 valence electrons. The number of aromatic amines is 1. The number of benzene rings is 2. The summed E-state index contributed by atoms with van der Waals surface area (Å²) in [6.07, 6.45) is -3.66. The first kappa shape index (κ1) is 33.8. The van der Waals surface area contributed by atoms with E-state index in [1.807, 2.05) is 55.5 Å². The van der Waals surface area contributed by atoms with E-state index >= 15 is 0 Å². The topological polar surface area (TPSA) is 205 Å². The molecule has 0 bridgehead atoms. The van der Waals surface area contributed by atoms with E-state index in [4.69, 9.17) is 35.3 Å². The summed E-state index contributed by atoms with van der Waals surface area (Å²) in [5.41, 5.74) is 3.59. The fourth-order valence-corrected chi connectivity index (χ4v) is 6.07. The highest BCUT2D eigenvalue weighted by atomic mass is 35.5. The number of tetrazole rings is 1. The predicted octanol–water partition coefficient (Wildman–Crippen LogP) is 4.17. The van der Waals surface area contributed by atoms with Gasteiger partial charge in [0.15, 0.2) is 28.9 Å². The van der Waals surface area contributed by atoms with Gasteiger partial charge in [0.25, 0.3) is 5.09 Å². The normalized spacial score (nSPS) is 20.4. The lowest BCUT2D eigenvalue weighted by Gasteiger charge is -2.19. The number of hydrogen-bond donors (Lipinski definition) is 1. The molecular formula is C31H32ClN7O10. The number of fused-ring (bicyclic) bond motifs is 1. The number of aryl methyl sites for hydroxylation is 1. The van der Waals surface area contributed by atoms with Gasteiger partial charge in [0.05, 0.1) is 13.2 Å². The summed E-state index contributed by atoms with van der Waals surface area (Å²) >= 11 is 6.49. The van der Waals surface area contributed by atoms with E-state index in [0.29, 0.717) is 18.1 Å². The Morgan fingerprint density at radius 2 is 1.80 bits per heavy atom. The van der Waals surface area contributed by atoms with Crippen LogP contribution in [0.2, 0.25) is 5.15 Å². The molecule has 2 aromatic heterocycles. The highest BCUT2D eigenvalue weighted by Crippen LogP contribution is 2.32. The number of hydrogen-bond acceptors (Lipinski definition) is 14. The largest absolute Gasteiger partial charge is 0.511 e. The van der Waals surface area contributed by atoms with Gasteiger partial charge < -0.3 is 33.1 Å². The van der Waals surface area contributed by atoms with Crippen molar-refractivity contribution in [2.24, 2.45) is 0 Å². The summed E-state index contributed by atoms with van der Waals surface area (Å²) < 4.78 is 28.6. The number of H-pyrrole nitrogens is 1. The first-order valence-electron chi connectivity index (χ1n) is 15.5. The molecule has 2 fully saturated rings. The Kier molecular flexibility index (Phi) is 10.3. The Labute approximate surface area is 283 Å². The van der Waals surface area contributed by atoms with Crippen molar-refractivity contribution in [3.05, 3.63) is 80.9 Å². The fourth-order valence-electron chi connectivity index (χ4n) is 5.79. The van der Waals surface area contributed by atoms with Crippen LogP contribution in [0, 0.1) is 10.1 Å². The van der Waals surface area contributed by atoms with E-state index in [9.17, 15) is 19.7 Å². The SMILES string of the molecule is CCCCc1nc(Cl)c(C(=O)O[C@@H](C)OC(=O)O[C@H]2CO[C@H]3[C@@H]2OC[C@H]3O[N+](=O)[O-])n1Cc1ccc(-c2ccccc2-c2nnn[nH]2)cc1. The first-order valence-corrected chi connectivity index (χ1v) is 15.9. The molecule has 2 aromatic carbocycles. The molecule has 4 aromatic rings. The van der Waals surface area contributed by atoms with Gasteiger partial charge >= 0.3 is 12.1 Å². The summed E-state index contributed by atoms with van der Waals surface area (Å²) in [5, 5.41) is 23.9. The number of aromatic nitrogens is 6. The van der Waals surface area contributed by atoms with E-state index < -0.39 is 47.9 Å². The van der Waals surface area contributed by atoms with E-state index in [1.54, 1.807) is 4.57 Å². The number of unbranched alkanes of at least 4 members (excludes halogenated alkanes) is 1. The molecule has 2 aliphatic rings. The average molecular weight is 698 g/mol. The molecule has 1 N–H and O–H groups in total. The third-order valence-corrected chi connectivity index (χ3v) is 8.31. The maximum Gasteiger partial charge on any atom is 0.511 e. The zero-order chi connectivity index (χ0) is 34.5. The van der Waals surface area contributed by atoms with Crippen molar-refractivity contribution in [1.29, 1.82) is 0 Å². The van der Waals surface area contributed by atoms with Crippen molar-refractivity contribution in [2.45, 2.75) is 70.4 Å². The number of halogens is 1. The lowest BCUT2D eigenvalue weighted by Crippen LogP contribution is -2.36. The Bertz CT molecular complexity index is 1790. The molecule has 2 aliphatic heterocycles. The first-order chi connectivity index (χ1) is 23.7. The van der Waals surface area contributed by atoms with Crippen LogP contribution in [-0.2, 0) is 41.5 Å². The van der Waals surface area contributed by atoms with Crippen LogP contribution >= 0.6 is 11.6 Å². The smallest absolute Gasteiger partial charge is 0.426 e. The van der Waals surface area contributed by atoms with Gasteiger partial charge in [0.1, 0.15) is 18.0 Å². The van der Waals surface area contributed by atoms with Gasteiger partial charge in [-0.05, 0) is 33.5 Å². The molecule has 17 nitrogen and oxygen atoms in total. The molecule has 6 rings (SSSR count). The highest BCUT2D eigenvalue weighted by Gasteiger charge is 2.51. The van der Waals surface area contributed by atoms with Crippen LogP contribution in [0.4, 0.5) is 4.79 Å². The lowest BCUT2D eigenvalue weighted by atomic mass is 9.98. The monoisotopic (exact) mass is 697 g/mol. The van der Waals surface area contributed by atoms with Crippen molar-refractivity contribution < 1.29 is 43.2 Å². The summed E-state index contributed by atoms with van der Waals surface area (Å²) in [6.45, 7) is 3.46. The number of carbonyl (C=O) groups excluding carboxylic acids is 2. The number of nitrogens with one attached hydrogen (secondary N) is 1. The van der Waals surface area contributed by atoms with Gasteiger partial charge in [0, 0.05) is 25.5 Å². The number of ether oxygens (including phenoxy) is 5. The number of nitrogens with zero attached hydrogens (tertiary/aromatic N) is 6. The number of esters is 1. The molecule has 4 heterocycles. The summed E-state index contributed by atoms with van der Waals surface area (Å²) in [4.78, 5) is 45.7. The van der Waals surface area contributed by atoms with Crippen LogP contribution in [0.15, 0.2) is 48.5 Å². The second kappa shape index (κ2) is 15.0. The second-order valence-electron chi connectivity index (χ2n) is 11.3. The van der Waals surface area contributed by atoms with Crippen LogP contribution < -0.4 is 0 Å². The molecule has 0 unspecified atom stereocenters. The second-order valence-corrected chi connectivity index (χ2v) is 11.7. The van der Waals surface area contributed by atoms with Crippen LogP contribution in [-0.4, -0.2) is 91.3 Å². The lowest BCUT2D eigenvalue weighted by molar-refractivity contribution is -0.769. The minimum absolute atomic E-state index is 0.00653. The molecule has 0 amide bonds. The van der Waals surface area contributed by atoms with Crippen molar-refractivity contribution in [1.82, 2.24) is 30.2 Å². The van der Waals surface area contributed by atoms with Gasteiger partial charge in [-0.15, -0.1) is 15.2 Å². The fraction of sp³-hybridized carbons (Fsp3) is 0.419. The van der Waals surface area contributed by atoms with Crippen LogP contribution in [0.5, 0.6) is 0 Å². The zero-order valence-corrected chi connectivity index (χ0v) is 27.1. The van der Waals surface area contributed by atoms with Crippen molar-refractivity contribution in [2.75, 3.05) is 13.2 Å². The molecular weight excluding hydrogens is 666 g/mol. The maximum absolute atomic E-state index is 13.4. The summed E-state index contributed by atoms with van der Waals surface area (Å²) in [5.74, 6) is 0.297. The summed E-state index contributed by atoms with van der Waals surface area (Å²) in [6, 6.07) is 15.5. The van der Waals surface area contributed by atoms with Crippen LogP contribution in [0.3, 0.4) is 0 Å². The predicted molar refractivity (Wildman–Crippen MR) is 168 cm³/mol. The number of rotatable bonds is 13. The van der Waals surface area contributed by atoms with Crippen LogP contribution in [0.1, 0.15) is 48.6 Å². The molecule has 0 spiro atoms. The molecule has 0 aliphatic carbocycles. The van der Waals surface area contributed by atoms with Gasteiger partial charge in [-0.25, -0.2) is 19.7 Å². The molecule has 0 radical (unpaired) electrons. The molecule has 5 atom stereocenters. The Morgan fingerprint density at radius 3 is 2.49 bits per heavy atom. The molecule has 0 saturated carbocycles. The van der Waals surface area contributed by atoms with E-state index in [2.05, 4.69) is 30.4 Å². The van der Waals surface area contributed by atoms with Gasteiger partial charge in [-0.2, -0.15) is 0 Å². The third kappa shape index (κ3) is 7.63. The minimum atomic E-state index is -1.37. The van der Waals surface area contributed by atoms with Gasteiger partial charge in [0.2, 0.25) is 6.29 Å². The Morgan fingerprint density at radius 1 is 1.08 bits per heavy atom. The van der Waals surface area contributed by atoms with Crippen molar-refractivity contribution in [3.63, 3.8) is 0 Å². The van der Waals surface area contributed by atoms with E-state index in [1.165, 1.54) is 6.92 Å². The zero-order valence-electron chi connectivity index (χ0n) is 26.4. The molecule has 18 heteroatoms. The number of imidazole rings is 1. The maximum atomic E-state index is 13.4. The highest BCUT2D eigenvalue weighted by molar-refractivity contribution is 6.32. The summed E-state index contributed by atoms with van der Waals surface area (Å²) in [7, 11) is 0. The number of carbonyl (C=O) groups is 2. The van der Waals surface area contributed by atoms with Crippen molar-refractivity contribution in [3.8, 4) is 22.5 Å². The molecule has 49 heavy (non-hydrogen) atoms. The Balaban J connectivity index is 1.12. The average Bonchev–Trinajstić information content (AvgIpc) is 3.87. The standard InChI is InChI=1S/C31H32ClN7O10/c1-3-4-9-24-33-28(32)25(30(40)46-17(2)47-31(41)48-22-15-44-27-23(49-39(42)43)16-45-26(22)27)38(24)14-18-10-12-19(13-11-18)20-7-5-6-8-21(20)29-34-36-37-35-29/h5-8,10-13,17,22-23,26-27H,3-4,9,14-16H2,1-2H3,(H,34,35,36,37)/t17-,22+,23-,26-,27-/m1/s1. The molecule has 2 saturated heterocycles.